The maximum absolute atomic E-state index is 12.0. The highest BCUT2D eigenvalue weighted by atomic mass is 35.5. The molecule has 0 bridgehead atoms. The van der Waals surface area contributed by atoms with Gasteiger partial charge >= 0.3 is 5.97 Å². The minimum Gasteiger partial charge on any atom is -0.451 e. The summed E-state index contributed by atoms with van der Waals surface area (Å²) in [6.07, 6.45) is 0.645. The summed E-state index contributed by atoms with van der Waals surface area (Å²) in [7, 11) is 0. The number of esters is 1. The summed E-state index contributed by atoms with van der Waals surface area (Å²) in [6.45, 7) is 0.0911. The highest BCUT2D eigenvalue weighted by Crippen LogP contribution is 2.12. The van der Waals surface area contributed by atoms with Gasteiger partial charge in [-0.25, -0.2) is 9.78 Å². The molecule has 1 amide bonds. The molecule has 3 rings (SSSR count). The van der Waals surface area contributed by atoms with Gasteiger partial charge < -0.3 is 10.1 Å². The number of amides is 1. The van der Waals surface area contributed by atoms with Crippen molar-refractivity contribution in [2.45, 2.75) is 6.42 Å². The van der Waals surface area contributed by atoms with E-state index in [-0.39, 0.29) is 18.2 Å². The fourth-order valence-corrected chi connectivity index (χ4v) is 2.69. The van der Waals surface area contributed by atoms with Crippen molar-refractivity contribution in [1.82, 2.24) is 10.3 Å². The van der Waals surface area contributed by atoms with Gasteiger partial charge in [0.2, 0.25) is 0 Å². The molecule has 0 aliphatic rings. The number of hydrogen-bond donors (Lipinski definition) is 1. The van der Waals surface area contributed by atoms with Crippen LogP contribution in [0.5, 0.6) is 0 Å². The van der Waals surface area contributed by atoms with Crippen molar-refractivity contribution in [3.8, 4) is 0 Å². The Labute approximate surface area is 156 Å². The largest absolute Gasteiger partial charge is 0.451 e. The van der Waals surface area contributed by atoms with Gasteiger partial charge in [0.15, 0.2) is 6.61 Å². The predicted molar refractivity (Wildman–Crippen MR) is 100 cm³/mol. The third kappa shape index (κ3) is 4.80. The Morgan fingerprint density at radius 3 is 2.73 bits per heavy atom. The van der Waals surface area contributed by atoms with Gasteiger partial charge in [-0.05, 0) is 36.2 Å². The van der Waals surface area contributed by atoms with Crippen LogP contribution in [0.1, 0.15) is 16.1 Å². The fourth-order valence-electron chi connectivity index (χ4n) is 2.47. The smallest absolute Gasteiger partial charge is 0.357 e. The first-order valence-corrected chi connectivity index (χ1v) is 8.54. The van der Waals surface area contributed by atoms with Gasteiger partial charge in [0.1, 0.15) is 5.69 Å². The first-order valence-electron chi connectivity index (χ1n) is 8.16. The second-order valence-corrected chi connectivity index (χ2v) is 6.13. The van der Waals surface area contributed by atoms with Crippen LogP contribution in [0.2, 0.25) is 5.02 Å². The van der Waals surface area contributed by atoms with Gasteiger partial charge in [0.05, 0.1) is 5.52 Å². The molecule has 0 unspecified atom stereocenters. The molecule has 0 aliphatic carbocycles. The van der Waals surface area contributed by atoms with Crippen molar-refractivity contribution in [3.63, 3.8) is 0 Å². The average molecular weight is 369 g/mol. The molecule has 2 aromatic carbocycles. The number of rotatable bonds is 6. The molecular formula is C20H17ClN2O3. The van der Waals surface area contributed by atoms with Crippen molar-refractivity contribution in [3.05, 3.63) is 76.9 Å². The topological polar surface area (TPSA) is 68.3 Å². The summed E-state index contributed by atoms with van der Waals surface area (Å²) in [5.41, 5.74) is 1.90. The van der Waals surface area contributed by atoms with E-state index in [1.165, 1.54) is 0 Å². The van der Waals surface area contributed by atoms with E-state index in [0.717, 1.165) is 10.9 Å². The number of nitrogens with zero attached hydrogens (tertiary/aromatic N) is 1. The van der Waals surface area contributed by atoms with E-state index in [0.29, 0.717) is 23.5 Å². The third-order valence-corrected chi connectivity index (χ3v) is 4.00. The van der Waals surface area contributed by atoms with E-state index in [1.54, 1.807) is 18.2 Å². The van der Waals surface area contributed by atoms with E-state index in [1.807, 2.05) is 42.5 Å². The summed E-state index contributed by atoms with van der Waals surface area (Å²) in [5, 5.41) is 4.30. The summed E-state index contributed by atoms with van der Waals surface area (Å²) in [4.78, 5) is 28.1. The number of pyridine rings is 1. The number of fused-ring (bicyclic) bond motifs is 1. The number of halogens is 1. The van der Waals surface area contributed by atoms with Crippen LogP contribution in [-0.4, -0.2) is 30.0 Å². The van der Waals surface area contributed by atoms with E-state index >= 15 is 0 Å². The lowest BCUT2D eigenvalue weighted by atomic mass is 10.1. The molecule has 26 heavy (non-hydrogen) atoms. The second kappa shape index (κ2) is 8.45. The Bertz CT molecular complexity index is 943. The Hall–Kier alpha value is -2.92. The van der Waals surface area contributed by atoms with Gasteiger partial charge in [0.25, 0.3) is 5.91 Å². The number of hydrogen-bond acceptors (Lipinski definition) is 4. The molecule has 1 N–H and O–H groups in total. The van der Waals surface area contributed by atoms with Crippen LogP contribution >= 0.6 is 11.6 Å². The Kier molecular flexibility index (Phi) is 5.81. The van der Waals surface area contributed by atoms with Crippen LogP contribution in [0.3, 0.4) is 0 Å². The van der Waals surface area contributed by atoms with Gasteiger partial charge in [-0.3, -0.25) is 4.79 Å². The monoisotopic (exact) mass is 368 g/mol. The second-order valence-electron chi connectivity index (χ2n) is 5.70. The Balaban J connectivity index is 1.46. The average Bonchev–Trinajstić information content (AvgIpc) is 2.66. The first kappa shape index (κ1) is 17.9. The normalized spacial score (nSPS) is 10.5. The molecule has 0 radical (unpaired) electrons. The zero-order valence-electron chi connectivity index (χ0n) is 13.9. The molecular weight excluding hydrogens is 352 g/mol. The Morgan fingerprint density at radius 1 is 1.04 bits per heavy atom. The maximum atomic E-state index is 12.0. The van der Waals surface area contributed by atoms with Crippen LogP contribution in [0, 0.1) is 0 Å². The molecule has 0 saturated heterocycles. The number of para-hydroxylation sites is 1. The van der Waals surface area contributed by atoms with Crippen LogP contribution in [0.4, 0.5) is 0 Å². The number of carbonyl (C=O) groups excluding carboxylic acids is 2. The molecule has 5 nitrogen and oxygen atoms in total. The van der Waals surface area contributed by atoms with E-state index in [9.17, 15) is 9.59 Å². The SMILES string of the molecule is O=C(COC(=O)c1ccc2ccccc2n1)NCCc1cccc(Cl)c1. The number of aromatic nitrogens is 1. The maximum Gasteiger partial charge on any atom is 0.357 e. The number of carbonyl (C=O) groups is 2. The molecule has 0 aliphatic heterocycles. The lowest BCUT2D eigenvalue weighted by Crippen LogP contribution is -2.30. The van der Waals surface area contributed by atoms with Crippen molar-refractivity contribution in [2.75, 3.05) is 13.2 Å². The first-order chi connectivity index (χ1) is 12.6. The number of nitrogens with one attached hydrogen (secondary N) is 1. The molecule has 0 fully saturated rings. The number of benzene rings is 2. The van der Waals surface area contributed by atoms with E-state index in [4.69, 9.17) is 16.3 Å². The van der Waals surface area contributed by atoms with Crippen molar-refractivity contribution < 1.29 is 14.3 Å². The summed E-state index contributed by atoms with van der Waals surface area (Å²) in [5.74, 6) is -0.984. The molecule has 6 heteroatoms. The molecule has 0 spiro atoms. The summed E-state index contributed by atoms with van der Waals surface area (Å²) in [6, 6.07) is 18.3. The van der Waals surface area contributed by atoms with Crippen LogP contribution in [-0.2, 0) is 16.0 Å². The Morgan fingerprint density at radius 2 is 1.88 bits per heavy atom. The zero-order valence-corrected chi connectivity index (χ0v) is 14.7. The minimum absolute atomic E-state index is 0.176. The van der Waals surface area contributed by atoms with Gasteiger partial charge in [-0.2, -0.15) is 0 Å². The lowest BCUT2D eigenvalue weighted by molar-refractivity contribution is -0.124. The van der Waals surface area contributed by atoms with Crippen molar-refractivity contribution >= 4 is 34.4 Å². The number of ether oxygens (including phenoxy) is 1. The fraction of sp³-hybridized carbons (Fsp3) is 0.150. The molecule has 3 aromatic rings. The van der Waals surface area contributed by atoms with Crippen LogP contribution in [0.25, 0.3) is 10.9 Å². The van der Waals surface area contributed by atoms with Gasteiger partial charge in [-0.15, -0.1) is 0 Å². The van der Waals surface area contributed by atoms with Gasteiger partial charge in [-0.1, -0.05) is 48.0 Å². The quantitative estimate of drug-likeness (QED) is 0.677. The van der Waals surface area contributed by atoms with Gasteiger partial charge in [0, 0.05) is 17.0 Å². The van der Waals surface area contributed by atoms with Crippen LogP contribution in [0.15, 0.2) is 60.7 Å². The summed E-state index contributed by atoms with van der Waals surface area (Å²) >= 11 is 5.91. The molecule has 0 saturated carbocycles. The van der Waals surface area contributed by atoms with Crippen molar-refractivity contribution in [1.29, 1.82) is 0 Å². The molecule has 1 aromatic heterocycles. The van der Waals surface area contributed by atoms with Crippen LogP contribution < -0.4 is 5.32 Å². The highest BCUT2D eigenvalue weighted by molar-refractivity contribution is 6.30. The minimum atomic E-state index is -0.624. The lowest BCUT2D eigenvalue weighted by Gasteiger charge is -2.07. The highest BCUT2D eigenvalue weighted by Gasteiger charge is 2.12. The third-order valence-electron chi connectivity index (χ3n) is 3.77. The van der Waals surface area contributed by atoms with Crippen molar-refractivity contribution in [2.24, 2.45) is 0 Å². The predicted octanol–water partition coefficient (Wildman–Crippen LogP) is 3.40. The molecule has 0 atom stereocenters. The standard InChI is InChI=1S/C20H17ClN2O3/c21-16-6-3-4-14(12-16)10-11-22-19(24)13-26-20(25)18-9-8-15-5-1-2-7-17(15)23-18/h1-9,12H,10-11,13H2,(H,22,24). The zero-order chi connectivity index (χ0) is 18.4. The summed E-state index contributed by atoms with van der Waals surface area (Å²) < 4.78 is 5.03. The molecule has 1 heterocycles. The molecule has 132 valence electrons. The van der Waals surface area contributed by atoms with E-state index < -0.39 is 5.97 Å². The van der Waals surface area contributed by atoms with E-state index in [2.05, 4.69) is 10.3 Å².